The van der Waals surface area contributed by atoms with Gasteiger partial charge in [0.1, 0.15) is 0 Å². The van der Waals surface area contributed by atoms with E-state index >= 15 is 0 Å². The SMILES string of the molecule is CCNC(Cc1ccncc1Cl)C(OC)C(C)(C)C. The number of halogens is 1. The zero-order chi connectivity index (χ0) is 14.5. The third-order valence-electron chi connectivity index (χ3n) is 3.24. The van der Waals surface area contributed by atoms with E-state index in [1.54, 1.807) is 19.5 Å². The highest BCUT2D eigenvalue weighted by Crippen LogP contribution is 2.27. The Hall–Kier alpha value is -0.640. The second kappa shape index (κ2) is 7.22. The topological polar surface area (TPSA) is 34.2 Å². The summed E-state index contributed by atoms with van der Waals surface area (Å²) in [6, 6.07) is 2.21. The second-order valence-electron chi connectivity index (χ2n) is 5.86. The highest BCUT2D eigenvalue weighted by Gasteiger charge is 2.32. The van der Waals surface area contributed by atoms with Crippen LogP contribution in [0.3, 0.4) is 0 Å². The average molecular weight is 285 g/mol. The van der Waals surface area contributed by atoms with Gasteiger partial charge in [-0.15, -0.1) is 0 Å². The first-order valence-electron chi connectivity index (χ1n) is 6.74. The van der Waals surface area contributed by atoms with Crippen molar-refractivity contribution in [3.8, 4) is 0 Å². The van der Waals surface area contributed by atoms with E-state index in [9.17, 15) is 0 Å². The molecular weight excluding hydrogens is 260 g/mol. The monoisotopic (exact) mass is 284 g/mol. The maximum absolute atomic E-state index is 6.20. The van der Waals surface area contributed by atoms with Crippen molar-refractivity contribution in [2.45, 2.75) is 46.3 Å². The number of hydrogen-bond donors (Lipinski definition) is 1. The quantitative estimate of drug-likeness (QED) is 0.870. The Morgan fingerprint density at radius 3 is 2.58 bits per heavy atom. The van der Waals surface area contributed by atoms with Crippen LogP contribution in [0.25, 0.3) is 0 Å². The van der Waals surface area contributed by atoms with Crippen LogP contribution in [0.1, 0.15) is 33.3 Å². The van der Waals surface area contributed by atoms with Crippen LogP contribution in [0.5, 0.6) is 0 Å². The van der Waals surface area contributed by atoms with E-state index in [0.29, 0.717) is 5.02 Å². The van der Waals surface area contributed by atoms with Gasteiger partial charge >= 0.3 is 0 Å². The first-order valence-corrected chi connectivity index (χ1v) is 7.12. The molecule has 19 heavy (non-hydrogen) atoms. The Bertz CT molecular complexity index is 390. The van der Waals surface area contributed by atoms with Gasteiger partial charge in [-0.1, -0.05) is 39.3 Å². The van der Waals surface area contributed by atoms with Crippen LogP contribution < -0.4 is 5.32 Å². The summed E-state index contributed by atoms with van der Waals surface area (Å²) in [4.78, 5) is 4.03. The van der Waals surface area contributed by atoms with Crippen LogP contribution in [0, 0.1) is 5.41 Å². The lowest BCUT2D eigenvalue weighted by atomic mass is 9.82. The Balaban J connectivity index is 2.91. The highest BCUT2D eigenvalue weighted by atomic mass is 35.5. The fourth-order valence-corrected chi connectivity index (χ4v) is 2.67. The van der Waals surface area contributed by atoms with Crippen molar-refractivity contribution < 1.29 is 4.74 Å². The molecule has 1 rings (SSSR count). The van der Waals surface area contributed by atoms with Gasteiger partial charge in [0.15, 0.2) is 0 Å². The molecule has 0 aromatic carbocycles. The summed E-state index contributed by atoms with van der Waals surface area (Å²) < 4.78 is 5.72. The van der Waals surface area contributed by atoms with Crippen LogP contribution in [0.4, 0.5) is 0 Å². The lowest BCUT2D eigenvalue weighted by molar-refractivity contribution is -0.0106. The minimum Gasteiger partial charge on any atom is -0.379 e. The summed E-state index contributed by atoms with van der Waals surface area (Å²) >= 11 is 6.20. The zero-order valence-electron chi connectivity index (χ0n) is 12.5. The summed E-state index contributed by atoms with van der Waals surface area (Å²) in [7, 11) is 1.77. The van der Waals surface area contributed by atoms with E-state index in [4.69, 9.17) is 16.3 Å². The summed E-state index contributed by atoms with van der Waals surface area (Å²) in [5.41, 5.74) is 1.18. The Kier molecular flexibility index (Phi) is 6.24. The lowest BCUT2D eigenvalue weighted by Gasteiger charge is -2.36. The predicted octanol–water partition coefficient (Wildman–Crippen LogP) is 3.32. The molecule has 0 aliphatic heterocycles. The number of methoxy groups -OCH3 is 1. The maximum Gasteiger partial charge on any atom is 0.0775 e. The molecule has 108 valence electrons. The number of rotatable bonds is 6. The summed E-state index contributed by atoms with van der Waals surface area (Å²) in [6.07, 6.45) is 4.43. The molecule has 0 spiro atoms. The van der Waals surface area contributed by atoms with Crippen LogP contribution >= 0.6 is 11.6 Å². The van der Waals surface area contributed by atoms with Crippen molar-refractivity contribution >= 4 is 11.6 Å². The molecule has 2 unspecified atom stereocenters. The molecule has 0 saturated heterocycles. The van der Waals surface area contributed by atoms with Crippen LogP contribution in [-0.4, -0.2) is 30.8 Å². The van der Waals surface area contributed by atoms with Gasteiger partial charge in [-0.25, -0.2) is 0 Å². The number of ether oxygens (including phenoxy) is 1. The van der Waals surface area contributed by atoms with Crippen molar-refractivity contribution in [3.05, 3.63) is 29.0 Å². The molecule has 0 radical (unpaired) electrons. The predicted molar refractivity (Wildman–Crippen MR) is 80.7 cm³/mol. The van der Waals surface area contributed by atoms with Gasteiger partial charge in [-0.05, 0) is 30.0 Å². The molecule has 0 aliphatic rings. The number of nitrogens with zero attached hydrogens (tertiary/aromatic N) is 1. The fraction of sp³-hybridized carbons (Fsp3) is 0.667. The van der Waals surface area contributed by atoms with Gasteiger partial charge in [0, 0.05) is 25.5 Å². The fourth-order valence-electron chi connectivity index (χ4n) is 2.48. The van der Waals surface area contributed by atoms with Gasteiger partial charge in [0.2, 0.25) is 0 Å². The molecule has 0 amide bonds. The second-order valence-corrected chi connectivity index (χ2v) is 6.26. The van der Waals surface area contributed by atoms with Crippen molar-refractivity contribution in [1.82, 2.24) is 10.3 Å². The Labute approximate surface area is 121 Å². The van der Waals surface area contributed by atoms with Gasteiger partial charge in [0.25, 0.3) is 0 Å². The van der Waals surface area contributed by atoms with E-state index in [1.165, 1.54) is 0 Å². The molecular formula is C15H25ClN2O. The van der Waals surface area contributed by atoms with Gasteiger partial charge in [-0.3, -0.25) is 4.98 Å². The van der Waals surface area contributed by atoms with Gasteiger partial charge in [-0.2, -0.15) is 0 Å². The number of hydrogen-bond acceptors (Lipinski definition) is 3. The van der Waals surface area contributed by atoms with E-state index in [1.807, 2.05) is 6.07 Å². The largest absolute Gasteiger partial charge is 0.379 e. The van der Waals surface area contributed by atoms with E-state index < -0.39 is 0 Å². The van der Waals surface area contributed by atoms with Crippen LogP contribution in [0.2, 0.25) is 5.02 Å². The first-order chi connectivity index (χ1) is 8.90. The van der Waals surface area contributed by atoms with Crippen molar-refractivity contribution in [3.63, 3.8) is 0 Å². The van der Waals surface area contributed by atoms with E-state index in [-0.39, 0.29) is 17.6 Å². The molecule has 0 saturated carbocycles. The van der Waals surface area contributed by atoms with Crippen LogP contribution in [-0.2, 0) is 11.2 Å². The van der Waals surface area contributed by atoms with Gasteiger partial charge < -0.3 is 10.1 Å². The summed E-state index contributed by atoms with van der Waals surface area (Å²) in [6.45, 7) is 9.60. The normalized spacial score (nSPS) is 15.3. The van der Waals surface area contributed by atoms with Crippen molar-refractivity contribution in [2.75, 3.05) is 13.7 Å². The van der Waals surface area contributed by atoms with Crippen molar-refractivity contribution in [1.29, 1.82) is 0 Å². The number of nitrogens with one attached hydrogen (secondary N) is 1. The molecule has 1 aromatic heterocycles. The minimum atomic E-state index is 0.0705. The molecule has 3 nitrogen and oxygen atoms in total. The molecule has 2 atom stereocenters. The molecule has 1 aromatic rings. The molecule has 1 N–H and O–H groups in total. The summed E-state index contributed by atoms with van der Waals surface area (Å²) in [5, 5.41) is 4.23. The number of pyridine rings is 1. The molecule has 0 aliphatic carbocycles. The Morgan fingerprint density at radius 2 is 2.11 bits per heavy atom. The number of aromatic nitrogens is 1. The molecule has 0 fully saturated rings. The maximum atomic E-state index is 6.20. The molecule has 4 heteroatoms. The smallest absolute Gasteiger partial charge is 0.0775 e. The Morgan fingerprint density at radius 1 is 1.42 bits per heavy atom. The zero-order valence-corrected chi connectivity index (χ0v) is 13.3. The number of likely N-dealkylation sites (N-methyl/N-ethyl adjacent to an activating group) is 1. The molecule has 1 heterocycles. The standard InChI is InChI=1S/C15H25ClN2O/c1-6-18-13(14(19-5)15(2,3)4)9-11-7-8-17-10-12(11)16/h7-8,10,13-14,18H,6,9H2,1-5H3. The van der Waals surface area contributed by atoms with E-state index in [0.717, 1.165) is 18.5 Å². The first kappa shape index (κ1) is 16.4. The van der Waals surface area contributed by atoms with Crippen molar-refractivity contribution in [2.24, 2.45) is 5.41 Å². The van der Waals surface area contributed by atoms with E-state index in [2.05, 4.69) is 38.0 Å². The minimum absolute atomic E-state index is 0.0705. The third-order valence-corrected chi connectivity index (χ3v) is 3.58. The van der Waals surface area contributed by atoms with Crippen LogP contribution in [0.15, 0.2) is 18.5 Å². The summed E-state index contributed by atoms with van der Waals surface area (Å²) in [5.74, 6) is 0. The lowest BCUT2D eigenvalue weighted by Crippen LogP contribution is -2.49. The third kappa shape index (κ3) is 4.75. The highest BCUT2D eigenvalue weighted by molar-refractivity contribution is 6.31. The van der Waals surface area contributed by atoms with Gasteiger partial charge in [0.05, 0.1) is 11.1 Å². The molecule has 0 bridgehead atoms. The average Bonchev–Trinajstić information content (AvgIpc) is 2.31.